The molecule has 1 amide bonds. The predicted octanol–water partition coefficient (Wildman–Crippen LogP) is 5.77. The molecule has 2 unspecified atom stereocenters. The van der Waals surface area contributed by atoms with Crippen molar-refractivity contribution in [2.45, 2.75) is 17.9 Å². The van der Waals surface area contributed by atoms with Crippen LogP contribution in [0, 0.1) is 0 Å². The largest absolute Gasteiger partial charge is 0.478 e. The number of hydrogen-bond acceptors (Lipinski definition) is 5. The maximum absolute atomic E-state index is 13.9. The lowest BCUT2D eigenvalue weighted by molar-refractivity contribution is -0.132. The second-order valence-electron chi connectivity index (χ2n) is 8.82. The summed E-state index contributed by atoms with van der Waals surface area (Å²) in [7, 11) is 1.79. The van der Waals surface area contributed by atoms with Crippen molar-refractivity contribution in [1.29, 1.82) is 0 Å². The van der Waals surface area contributed by atoms with Gasteiger partial charge in [-0.05, 0) is 29.8 Å². The standard InChI is InChI=1S/C28H22Cl2N4O3S/c1-34-19(10-12-32-34)15-31-26(37)28(27-33-24(16-38-27)18-7-8-22(29)23(30)13-18)11-9-20(21(14-28)25(35)36)17-5-3-2-4-6-17/h2-14,16,20H,15H2,1H3,(H,31,37)(H,35,36). The second kappa shape index (κ2) is 10.6. The number of halogens is 2. The predicted molar refractivity (Wildman–Crippen MR) is 148 cm³/mol. The van der Waals surface area contributed by atoms with Gasteiger partial charge in [0.2, 0.25) is 5.91 Å². The van der Waals surface area contributed by atoms with Crippen LogP contribution in [0.4, 0.5) is 0 Å². The number of aryl methyl sites for hydroxylation is 1. The smallest absolute Gasteiger partial charge is 0.332 e. The Hall–Kier alpha value is -3.72. The number of aliphatic carboxylic acids is 1. The molecule has 1 aliphatic rings. The molecule has 0 aliphatic heterocycles. The molecule has 2 heterocycles. The van der Waals surface area contributed by atoms with Crippen LogP contribution < -0.4 is 5.32 Å². The van der Waals surface area contributed by atoms with Gasteiger partial charge in [0, 0.05) is 35.7 Å². The molecule has 2 aromatic carbocycles. The van der Waals surface area contributed by atoms with Gasteiger partial charge in [0.05, 0.1) is 28.0 Å². The van der Waals surface area contributed by atoms with E-state index in [1.165, 1.54) is 17.4 Å². The molecule has 0 bridgehead atoms. The number of hydrogen-bond donors (Lipinski definition) is 2. The first-order chi connectivity index (χ1) is 18.3. The van der Waals surface area contributed by atoms with Crippen LogP contribution in [0.3, 0.4) is 0 Å². The fraction of sp³-hybridized carbons (Fsp3) is 0.143. The quantitative estimate of drug-likeness (QED) is 0.278. The number of thiazole rings is 1. The normalized spacial score (nSPS) is 18.7. The van der Waals surface area contributed by atoms with Crippen LogP contribution in [-0.2, 0) is 28.6 Å². The van der Waals surface area contributed by atoms with E-state index in [1.54, 1.807) is 54.3 Å². The average Bonchev–Trinajstić information content (AvgIpc) is 3.58. The molecule has 0 saturated carbocycles. The fourth-order valence-electron chi connectivity index (χ4n) is 4.40. The molecule has 0 fully saturated rings. The minimum atomic E-state index is -1.43. The maximum atomic E-state index is 13.9. The molecule has 0 spiro atoms. The summed E-state index contributed by atoms with van der Waals surface area (Å²) in [5, 5.41) is 20.4. The molecule has 2 aromatic heterocycles. The van der Waals surface area contributed by atoms with Crippen LogP contribution in [0.15, 0.2) is 90.0 Å². The van der Waals surface area contributed by atoms with Gasteiger partial charge in [-0.15, -0.1) is 11.3 Å². The van der Waals surface area contributed by atoms with Crippen molar-refractivity contribution < 1.29 is 14.7 Å². The summed E-state index contributed by atoms with van der Waals surface area (Å²) in [6.45, 7) is 0.217. The molecule has 7 nitrogen and oxygen atoms in total. The number of allylic oxidation sites excluding steroid dienone is 1. The zero-order valence-corrected chi connectivity index (χ0v) is 22.5. The van der Waals surface area contributed by atoms with Gasteiger partial charge in [0.15, 0.2) is 0 Å². The van der Waals surface area contributed by atoms with Crippen molar-refractivity contribution in [1.82, 2.24) is 20.1 Å². The topological polar surface area (TPSA) is 97.1 Å². The number of amides is 1. The fourth-order valence-corrected chi connectivity index (χ4v) is 5.67. The van der Waals surface area contributed by atoms with E-state index in [0.717, 1.165) is 16.8 Å². The number of nitrogens with zero attached hydrogens (tertiary/aromatic N) is 3. The van der Waals surface area contributed by atoms with Crippen molar-refractivity contribution >= 4 is 46.4 Å². The molecule has 192 valence electrons. The van der Waals surface area contributed by atoms with Crippen molar-refractivity contribution in [2.24, 2.45) is 7.05 Å². The first-order valence-corrected chi connectivity index (χ1v) is 13.3. The third-order valence-electron chi connectivity index (χ3n) is 6.48. The van der Waals surface area contributed by atoms with Crippen molar-refractivity contribution in [3.8, 4) is 11.3 Å². The molecule has 5 rings (SSSR count). The maximum Gasteiger partial charge on any atom is 0.332 e. The Kier molecular flexibility index (Phi) is 7.21. The molecule has 0 saturated heterocycles. The zero-order valence-electron chi connectivity index (χ0n) is 20.1. The highest BCUT2D eigenvalue weighted by atomic mass is 35.5. The Morgan fingerprint density at radius 1 is 1.13 bits per heavy atom. The van der Waals surface area contributed by atoms with E-state index in [0.29, 0.717) is 20.7 Å². The van der Waals surface area contributed by atoms with Gasteiger partial charge >= 0.3 is 5.97 Å². The Morgan fingerprint density at radius 2 is 1.92 bits per heavy atom. The third-order valence-corrected chi connectivity index (χ3v) is 8.21. The number of rotatable bonds is 7. The molecule has 2 N–H and O–H groups in total. The SMILES string of the molecule is Cn1nccc1CNC(=O)C1(c2nc(-c3ccc(Cl)c(Cl)c3)cs2)C=CC(c2ccccc2)C(C(=O)O)=C1. The van der Waals surface area contributed by atoms with E-state index in [4.69, 9.17) is 28.2 Å². The summed E-state index contributed by atoms with van der Waals surface area (Å²) < 4.78 is 1.67. The number of nitrogens with one attached hydrogen (secondary N) is 1. The average molecular weight is 565 g/mol. The molecule has 2 atom stereocenters. The van der Waals surface area contributed by atoms with Gasteiger partial charge in [-0.2, -0.15) is 5.10 Å². The summed E-state index contributed by atoms with van der Waals surface area (Å²) in [5.41, 5.74) is 1.62. The molecule has 1 aliphatic carbocycles. The van der Waals surface area contributed by atoms with Gasteiger partial charge in [-0.1, -0.05) is 71.8 Å². The number of carbonyl (C=O) groups is 2. The van der Waals surface area contributed by atoms with Gasteiger partial charge in [0.1, 0.15) is 10.4 Å². The number of aromatic nitrogens is 3. The molecule has 38 heavy (non-hydrogen) atoms. The number of carbonyl (C=O) groups excluding carboxylic acids is 1. The van der Waals surface area contributed by atoms with Crippen LogP contribution in [0.5, 0.6) is 0 Å². The molecule has 4 aromatic rings. The minimum absolute atomic E-state index is 0.0978. The van der Waals surface area contributed by atoms with Gasteiger partial charge in [-0.25, -0.2) is 9.78 Å². The van der Waals surface area contributed by atoms with Crippen molar-refractivity contribution in [2.75, 3.05) is 0 Å². The van der Waals surface area contributed by atoms with Crippen LogP contribution in [0.25, 0.3) is 11.3 Å². The van der Waals surface area contributed by atoms with E-state index in [1.807, 2.05) is 35.7 Å². The Labute approximate surface area is 233 Å². The van der Waals surface area contributed by atoms with E-state index in [9.17, 15) is 14.7 Å². The zero-order chi connectivity index (χ0) is 26.9. The molecular weight excluding hydrogens is 543 g/mol. The van der Waals surface area contributed by atoms with E-state index >= 15 is 0 Å². The highest BCUT2D eigenvalue weighted by Crippen LogP contribution is 2.42. The first kappa shape index (κ1) is 25.9. The lowest BCUT2D eigenvalue weighted by atomic mass is 9.75. The Balaban J connectivity index is 1.59. The molecular formula is C28H22Cl2N4O3S. The number of carboxylic acid groups (broad SMARTS) is 1. The summed E-state index contributed by atoms with van der Waals surface area (Å²) >= 11 is 13.6. The summed E-state index contributed by atoms with van der Waals surface area (Å²) in [4.78, 5) is 31.1. The monoisotopic (exact) mass is 564 g/mol. The highest BCUT2D eigenvalue weighted by molar-refractivity contribution is 7.10. The van der Waals surface area contributed by atoms with E-state index in [2.05, 4.69) is 10.4 Å². The van der Waals surface area contributed by atoms with Crippen LogP contribution >= 0.6 is 34.5 Å². The number of carboxylic acids is 1. The summed E-state index contributed by atoms with van der Waals surface area (Å²) in [5.74, 6) is -2.01. The summed E-state index contributed by atoms with van der Waals surface area (Å²) in [6, 6.07) is 16.3. The molecule has 0 radical (unpaired) electrons. The Morgan fingerprint density at radius 3 is 2.61 bits per heavy atom. The number of benzene rings is 2. The lowest BCUT2D eigenvalue weighted by Gasteiger charge is -2.30. The van der Waals surface area contributed by atoms with Crippen LogP contribution in [-0.4, -0.2) is 31.7 Å². The van der Waals surface area contributed by atoms with Crippen molar-refractivity contribution in [3.05, 3.63) is 116 Å². The van der Waals surface area contributed by atoms with Gasteiger partial charge < -0.3 is 10.4 Å². The van der Waals surface area contributed by atoms with Crippen LogP contribution in [0.2, 0.25) is 10.0 Å². The van der Waals surface area contributed by atoms with Crippen LogP contribution in [0.1, 0.15) is 22.2 Å². The lowest BCUT2D eigenvalue weighted by Crippen LogP contribution is -2.43. The first-order valence-electron chi connectivity index (χ1n) is 11.7. The van der Waals surface area contributed by atoms with E-state index in [-0.39, 0.29) is 12.1 Å². The Bertz CT molecular complexity index is 1580. The second-order valence-corrected chi connectivity index (χ2v) is 10.5. The highest BCUT2D eigenvalue weighted by Gasteiger charge is 2.43. The summed E-state index contributed by atoms with van der Waals surface area (Å²) in [6.07, 6.45) is 6.67. The van der Waals surface area contributed by atoms with Gasteiger partial charge in [0.25, 0.3) is 0 Å². The van der Waals surface area contributed by atoms with Gasteiger partial charge in [-0.3, -0.25) is 9.48 Å². The van der Waals surface area contributed by atoms with Crippen molar-refractivity contribution in [3.63, 3.8) is 0 Å². The molecule has 10 heteroatoms. The third kappa shape index (κ3) is 4.90. The van der Waals surface area contributed by atoms with E-state index < -0.39 is 23.2 Å². The minimum Gasteiger partial charge on any atom is -0.478 e.